The summed E-state index contributed by atoms with van der Waals surface area (Å²) >= 11 is 0. The van der Waals surface area contributed by atoms with Crippen molar-refractivity contribution in [3.8, 4) is 0 Å². The number of likely N-dealkylation sites (tertiary alicyclic amines) is 1. The van der Waals surface area contributed by atoms with Crippen LogP contribution in [0.4, 0.5) is 11.8 Å². The van der Waals surface area contributed by atoms with Crippen LogP contribution in [0.15, 0.2) is 6.07 Å². The van der Waals surface area contributed by atoms with E-state index in [-0.39, 0.29) is 0 Å². The number of nitrogen functional groups attached to an aromatic ring is 1. The third-order valence-corrected chi connectivity index (χ3v) is 5.25. The number of hydrogen-bond acceptors (Lipinski definition) is 6. The number of piperazine rings is 1. The van der Waals surface area contributed by atoms with Crippen LogP contribution in [-0.2, 0) is 0 Å². The molecule has 0 aliphatic carbocycles. The van der Waals surface area contributed by atoms with E-state index in [0.717, 1.165) is 43.7 Å². The molecule has 1 aromatic rings. The lowest BCUT2D eigenvalue weighted by atomic mass is 10.00. The number of aromatic nitrogens is 2. The van der Waals surface area contributed by atoms with Crippen molar-refractivity contribution >= 4 is 11.8 Å². The Morgan fingerprint density at radius 1 is 1.13 bits per heavy atom. The minimum Gasteiger partial charge on any atom is -0.368 e. The van der Waals surface area contributed by atoms with Gasteiger partial charge < -0.3 is 15.5 Å². The number of hydrogen-bond donors (Lipinski definition) is 1. The smallest absolute Gasteiger partial charge is 0.222 e. The fourth-order valence-electron chi connectivity index (χ4n) is 3.78. The molecule has 1 aromatic heterocycles. The molecule has 0 spiro atoms. The van der Waals surface area contributed by atoms with E-state index in [0.29, 0.717) is 5.95 Å². The average molecular weight is 318 g/mol. The zero-order valence-electron chi connectivity index (χ0n) is 14.5. The Bertz CT molecular complexity index is 492. The summed E-state index contributed by atoms with van der Waals surface area (Å²) in [5.41, 5.74) is 6.71. The minimum atomic E-state index is 0.378. The third-order valence-electron chi connectivity index (χ3n) is 5.25. The Morgan fingerprint density at radius 2 is 1.91 bits per heavy atom. The first kappa shape index (κ1) is 16.5. The molecular weight excluding hydrogens is 288 g/mol. The van der Waals surface area contributed by atoms with E-state index in [1.807, 2.05) is 13.0 Å². The molecule has 128 valence electrons. The molecule has 2 aliphatic rings. The first-order chi connectivity index (χ1) is 11.1. The largest absolute Gasteiger partial charge is 0.368 e. The van der Waals surface area contributed by atoms with Gasteiger partial charge in [-0.3, -0.25) is 4.90 Å². The molecule has 0 saturated carbocycles. The molecule has 0 amide bonds. The number of anilines is 2. The monoisotopic (exact) mass is 318 g/mol. The predicted molar refractivity (Wildman–Crippen MR) is 94.7 cm³/mol. The lowest BCUT2D eigenvalue weighted by molar-refractivity contribution is 0.151. The van der Waals surface area contributed by atoms with Crippen LogP contribution in [0.3, 0.4) is 0 Å². The Kier molecular flexibility index (Phi) is 5.33. The average Bonchev–Trinajstić information content (AvgIpc) is 2.54. The van der Waals surface area contributed by atoms with Gasteiger partial charge in [-0.1, -0.05) is 6.42 Å². The van der Waals surface area contributed by atoms with E-state index in [1.54, 1.807) is 0 Å². The summed E-state index contributed by atoms with van der Waals surface area (Å²) in [6, 6.07) is 2.81. The second-order valence-corrected chi connectivity index (χ2v) is 6.97. The lowest BCUT2D eigenvalue weighted by Gasteiger charge is -2.38. The van der Waals surface area contributed by atoms with Crippen LogP contribution < -0.4 is 10.6 Å². The molecule has 1 unspecified atom stereocenters. The summed E-state index contributed by atoms with van der Waals surface area (Å²) < 4.78 is 0. The van der Waals surface area contributed by atoms with Crippen molar-refractivity contribution in [2.24, 2.45) is 0 Å². The molecule has 2 aliphatic heterocycles. The number of nitrogens with zero attached hydrogens (tertiary/aromatic N) is 5. The summed E-state index contributed by atoms with van der Waals surface area (Å²) in [7, 11) is 2.28. The van der Waals surface area contributed by atoms with Crippen molar-refractivity contribution in [3.05, 3.63) is 11.8 Å². The number of aryl methyl sites for hydroxylation is 1. The van der Waals surface area contributed by atoms with Crippen molar-refractivity contribution < 1.29 is 0 Å². The van der Waals surface area contributed by atoms with Gasteiger partial charge in [0.15, 0.2) is 0 Å². The fourth-order valence-corrected chi connectivity index (χ4v) is 3.78. The lowest BCUT2D eigenvalue weighted by Crippen LogP contribution is -2.48. The maximum absolute atomic E-state index is 5.77. The SMILES string of the molecule is Cc1cc(N2CCN(CCC3CCCCN3C)CC2)nc(N)n1. The first-order valence-corrected chi connectivity index (χ1v) is 8.90. The zero-order chi connectivity index (χ0) is 16.2. The summed E-state index contributed by atoms with van der Waals surface area (Å²) in [5.74, 6) is 1.35. The van der Waals surface area contributed by atoms with Crippen molar-refractivity contribution in [1.29, 1.82) is 0 Å². The highest BCUT2D eigenvalue weighted by molar-refractivity contribution is 5.43. The molecule has 6 heteroatoms. The van der Waals surface area contributed by atoms with Gasteiger partial charge >= 0.3 is 0 Å². The summed E-state index contributed by atoms with van der Waals surface area (Å²) in [4.78, 5) is 16.0. The normalized spacial score (nSPS) is 24.1. The van der Waals surface area contributed by atoms with E-state index in [4.69, 9.17) is 5.73 Å². The van der Waals surface area contributed by atoms with Crippen molar-refractivity contribution in [3.63, 3.8) is 0 Å². The standard InChI is InChI=1S/C17H30N6/c1-14-13-16(20-17(18)19-14)23-11-9-22(10-12-23)8-6-15-5-3-4-7-21(15)2/h13,15H,3-12H2,1-2H3,(H2,18,19,20). The van der Waals surface area contributed by atoms with Gasteiger partial charge in [-0.05, 0) is 46.3 Å². The topological polar surface area (TPSA) is 61.5 Å². The molecule has 3 heterocycles. The highest BCUT2D eigenvalue weighted by atomic mass is 15.3. The molecule has 3 rings (SSSR count). The van der Waals surface area contributed by atoms with Gasteiger partial charge in [-0.2, -0.15) is 4.98 Å². The van der Waals surface area contributed by atoms with Gasteiger partial charge in [-0.15, -0.1) is 0 Å². The van der Waals surface area contributed by atoms with Gasteiger partial charge in [0.25, 0.3) is 0 Å². The number of nitrogens with two attached hydrogens (primary N) is 1. The molecule has 1 atom stereocenters. The second kappa shape index (κ2) is 7.45. The molecule has 0 radical (unpaired) electrons. The van der Waals surface area contributed by atoms with Crippen molar-refractivity contribution in [2.75, 3.05) is 56.9 Å². The third kappa shape index (κ3) is 4.32. The van der Waals surface area contributed by atoms with E-state index in [2.05, 4.69) is 31.7 Å². The summed E-state index contributed by atoms with van der Waals surface area (Å²) in [6.45, 7) is 8.73. The van der Waals surface area contributed by atoms with Gasteiger partial charge in [0, 0.05) is 44.0 Å². The van der Waals surface area contributed by atoms with Gasteiger partial charge in [0.2, 0.25) is 5.95 Å². The quantitative estimate of drug-likeness (QED) is 0.904. The van der Waals surface area contributed by atoms with Crippen molar-refractivity contribution in [1.82, 2.24) is 19.8 Å². The highest BCUT2D eigenvalue weighted by Crippen LogP contribution is 2.19. The number of piperidine rings is 1. The maximum Gasteiger partial charge on any atom is 0.222 e. The van der Waals surface area contributed by atoms with Crippen LogP contribution in [-0.4, -0.2) is 72.1 Å². The summed E-state index contributed by atoms with van der Waals surface area (Å²) in [5, 5.41) is 0. The van der Waals surface area contributed by atoms with Crippen LogP contribution in [0.1, 0.15) is 31.4 Å². The molecular formula is C17H30N6. The molecule has 0 aromatic carbocycles. The Labute approximate surface area is 139 Å². The van der Waals surface area contributed by atoms with Crippen LogP contribution in [0.25, 0.3) is 0 Å². The Balaban J connectivity index is 1.46. The molecule has 0 bridgehead atoms. The molecule has 2 saturated heterocycles. The van der Waals surface area contributed by atoms with Gasteiger partial charge in [0.1, 0.15) is 5.82 Å². The zero-order valence-corrected chi connectivity index (χ0v) is 14.5. The Hall–Kier alpha value is -1.40. The van der Waals surface area contributed by atoms with E-state index >= 15 is 0 Å². The van der Waals surface area contributed by atoms with Gasteiger partial charge in [-0.25, -0.2) is 4.98 Å². The Morgan fingerprint density at radius 3 is 2.61 bits per heavy atom. The van der Waals surface area contributed by atoms with E-state index in [1.165, 1.54) is 38.8 Å². The minimum absolute atomic E-state index is 0.378. The second-order valence-electron chi connectivity index (χ2n) is 6.97. The van der Waals surface area contributed by atoms with Crippen molar-refractivity contribution in [2.45, 2.75) is 38.6 Å². The van der Waals surface area contributed by atoms with E-state index < -0.39 is 0 Å². The highest BCUT2D eigenvalue weighted by Gasteiger charge is 2.22. The van der Waals surface area contributed by atoms with Crippen LogP contribution in [0.2, 0.25) is 0 Å². The molecule has 2 N–H and O–H groups in total. The fraction of sp³-hybridized carbons (Fsp3) is 0.765. The first-order valence-electron chi connectivity index (χ1n) is 8.90. The van der Waals surface area contributed by atoms with Crippen LogP contribution in [0, 0.1) is 6.92 Å². The summed E-state index contributed by atoms with van der Waals surface area (Å²) in [6.07, 6.45) is 5.44. The molecule has 6 nitrogen and oxygen atoms in total. The molecule has 23 heavy (non-hydrogen) atoms. The maximum atomic E-state index is 5.77. The molecule has 2 fully saturated rings. The van der Waals surface area contributed by atoms with Gasteiger partial charge in [0.05, 0.1) is 0 Å². The van der Waals surface area contributed by atoms with Crippen LogP contribution in [0.5, 0.6) is 0 Å². The van der Waals surface area contributed by atoms with E-state index in [9.17, 15) is 0 Å². The van der Waals surface area contributed by atoms with Crippen LogP contribution >= 0.6 is 0 Å². The number of rotatable bonds is 4. The predicted octanol–water partition coefficient (Wildman–Crippen LogP) is 1.36.